The number of nitrogens with one attached hydrogen (secondary N) is 2. The van der Waals surface area contributed by atoms with Gasteiger partial charge in [0.1, 0.15) is 11.3 Å². The van der Waals surface area contributed by atoms with Gasteiger partial charge in [0.15, 0.2) is 11.5 Å². The average molecular weight is 410 g/mol. The summed E-state index contributed by atoms with van der Waals surface area (Å²) < 4.78 is 17.6. The van der Waals surface area contributed by atoms with Crippen molar-refractivity contribution < 1.29 is 13.9 Å². The van der Waals surface area contributed by atoms with Crippen LogP contribution in [-0.4, -0.2) is 12.3 Å². The van der Waals surface area contributed by atoms with E-state index in [1.165, 1.54) is 5.57 Å². The Bertz CT molecular complexity index is 1450. The Hall–Kier alpha value is -3.73. The van der Waals surface area contributed by atoms with Crippen LogP contribution in [0.5, 0.6) is 11.5 Å². The monoisotopic (exact) mass is 410 g/mol. The second-order valence-electron chi connectivity index (χ2n) is 8.79. The Morgan fingerprint density at radius 2 is 1.77 bits per heavy atom. The van der Waals surface area contributed by atoms with Gasteiger partial charge in [-0.1, -0.05) is 12.1 Å². The zero-order valence-corrected chi connectivity index (χ0v) is 17.6. The van der Waals surface area contributed by atoms with Gasteiger partial charge < -0.3 is 24.6 Å². The molecule has 0 amide bonds. The second kappa shape index (κ2) is 6.14. The van der Waals surface area contributed by atoms with Crippen LogP contribution >= 0.6 is 0 Å². The zero-order valence-electron chi connectivity index (χ0n) is 17.6. The largest absolute Gasteiger partial charge is 0.455 e. The van der Waals surface area contributed by atoms with Crippen LogP contribution in [-0.2, 0) is 0 Å². The molecule has 31 heavy (non-hydrogen) atoms. The third kappa shape index (κ3) is 2.73. The molecule has 0 radical (unpaired) electrons. The van der Waals surface area contributed by atoms with Crippen LogP contribution in [0.1, 0.15) is 26.3 Å². The van der Waals surface area contributed by atoms with Crippen LogP contribution in [0.2, 0.25) is 0 Å². The highest BCUT2D eigenvalue weighted by Gasteiger charge is 2.27. The fourth-order valence-corrected chi connectivity index (χ4v) is 4.81. The normalized spacial score (nSPS) is 16.2. The molecule has 154 valence electrons. The van der Waals surface area contributed by atoms with E-state index in [0.717, 1.165) is 50.4 Å². The summed E-state index contributed by atoms with van der Waals surface area (Å²) in [6, 6.07) is 15.8. The molecule has 0 atom stereocenters. The molecule has 0 saturated heterocycles. The third-order valence-corrected chi connectivity index (χ3v) is 5.98. The van der Waals surface area contributed by atoms with Gasteiger partial charge in [0.25, 0.3) is 0 Å². The van der Waals surface area contributed by atoms with E-state index in [-0.39, 0.29) is 12.3 Å². The lowest BCUT2D eigenvalue weighted by atomic mass is 9.87. The highest BCUT2D eigenvalue weighted by atomic mass is 16.7. The molecule has 3 heterocycles. The third-order valence-electron chi connectivity index (χ3n) is 5.98. The Labute approximate surface area is 179 Å². The molecule has 5 heteroatoms. The number of hydrogen-bond acceptors (Lipinski definition) is 5. The van der Waals surface area contributed by atoms with E-state index >= 15 is 0 Å². The summed E-state index contributed by atoms with van der Waals surface area (Å²) in [6.07, 6.45) is 2.23. The molecule has 0 aromatic heterocycles. The van der Waals surface area contributed by atoms with Crippen molar-refractivity contribution in [2.45, 2.75) is 26.3 Å². The fraction of sp³-hybridized carbons (Fsp3) is 0.192. The summed E-state index contributed by atoms with van der Waals surface area (Å²) in [5, 5.41) is 13.2. The molecule has 2 aromatic rings. The second-order valence-corrected chi connectivity index (χ2v) is 8.79. The Balaban J connectivity index is 1.73. The number of allylic oxidation sites excluding steroid dienone is 1. The number of hydrogen-bond donors (Lipinski definition) is 2. The SMILES string of the molecule is CC1=CC(C)(C)Nc2ccc3c(-c4ccc5c(c4)OCO5)c4ccc(=N)cc-4oc3c21. The first-order chi connectivity index (χ1) is 14.9. The number of anilines is 1. The molecule has 0 fully saturated rings. The Kier molecular flexibility index (Phi) is 3.58. The number of fused-ring (bicyclic) bond motifs is 5. The molecule has 5 nitrogen and oxygen atoms in total. The van der Waals surface area contributed by atoms with Gasteiger partial charge >= 0.3 is 0 Å². The summed E-state index contributed by atoms with van der Waals surface area (Å²) in [5.74, 6) is 2.20. The van der Waals surface area contributed by atoms with Gasteiger partial charge in [-0.05, 0) is 68.3 Å². The lowest BCUT2D eigenvalue weighted by molar-refractivity contribution is 0.174. The van der Waals surface area contributed by atoms with Gasteiger partial charge in [-0.2, -0.15) is 0 Å². The van der Waals surface area contributed by atoms with Gasteiger partial charge in [-0.3, -0.25) is 0 Å². The maximum absolute atomic E-state index is 8.12. The molecule has 2 N–H and O–H groups in total. The van der Waals surface area contributed by atoms with Gasteiger partial charge in [0, 0.05) is 33.8 Å². The van der Waals surface area contributed by atoms with Crippen molar-refractivity contribution in [2.24, 2.45) is 0 Å². The summed E-state index contributed by atoms with van der Waals surface area (Å²) in [7, 11) is 0. The van der Waals surface area contributed by atoms with Crippen LogP contribution in [0.25, 0.3) is 39.0 Å². The number of ether oxygens (including phenoxy) is 2. The van der Waals surface area contributed by atoms with Crippen LogP contribution in [0.4, 0.5) is 5.69 Å². The predicted molar refractivity (Wildman–Crippen MR) is 122 cm³/mol. The van der Waals surface area contributed by atoms with E-state index in [1.54, 1.807) is 12.1 Å². The van der Waals surface area contributed by atoms with Crippen LogP contribution in [0, 0.1) is 5.41 Å². The molecule has 0 spiro atoms. The lowest BCUT2D eigenvalue weighted by Crippen LogP contribution is -2.31. The Morgan fingerprint density at radius 3 is 2.65 bits per heavy atom. The minimum absolute atomic E-state index is 0.129. The van der Waals surface area contributed by atoms with E-state index < -0.39 is 0 Å². The minimum Gasteiger partial charge on any atom is -0.455 e. The first-order valence-corrected chi connectivity index (χ1v) is 10.4. The fourth-order valence-electron chi connectivity index (χ4n) is 4.81. The Morgan fingerprint density at radius 1 is 0.935 bits per heavy atom. The molecular formula is C26H22N2O3. The first kappa shape index (κ1) is 18.1. The maximum Gasteiger partial charge on any atom is 0.231 e. The van der Waals surface area contributed by atoms with E-state index in [4.69, 9.17) is 19.3 Å². The molecule has 4 aliphatic rings. The average Bonchev–Trinajstić information content (AvgIpc) is 3.18. The van der Waals surface area contributed by atoms with Gasteiger partial charge in [-0.25, -0.2) is 0 Å². The van der Waals surface area contributed by atoms with Crippen molar-refractivity contribution in [1.82, 2.24) is 0 Å². The van der Waals surface area contributed by atoms with Gasteiger partial charge in [-0.15, -0.1) is 0 Å². The van der Waals surface area contributed by atoms with Crippen LogP contribution < -0.4 is 20.1 Å². The number of benzene rings is 3. The standard InChI is InChI=1S/C26H22N2O3/c1-14-12-26(2,3)28-19-8-7-18-24(15-4-9-20-22(10-15)30-13-29-20)17-6-5-16(27)11-21(17)31-25(18)23(14)19/h4-12,27-28H,13H2,1-3H3. The summed E-state index contributed by atoms with van der Waals surface area (Å²) in [4.78, 5) is 0. The van der Waals surface area contributed by atoms with Crippen molar-refractivity contribution >= 4 is 22.2 Å². The van der Waals surface area contributed by atoms with Crippen molar-refractivity contribution in [3.05, 3.63) is 65.5 Å². The lowest BCUT2D eigenvalue weighted by Gasteiger charge is -2.32. The molecule has 1 aliphatic carbocycles. The summed E-state index contributed by atoms with van der Waals surface area (Å²) in [6.45, 7) is 6.68. The molecule has 6 rings (SSSR count). The van der Waals surface area contributed by atoms with Crippen LogP contribution in [0.15, 0.2) is 59.0 Å². The molecular weight excluding hydrogens is 388 g/mol. The van der Waals surface area contributed by atoms with E-state index in [2.05, 4.69) is 50.4 Å². The van der Waals surface area contributed by atoms with Crippen molar-refractivity contribution in [3.63, 3.8) is 0 Å². The van der Waals surface area contributed by atoms with Gasteiger partial charge in [0.05, 0.1) is 10.9 Å². The van der Waals surface area contributed by atoms with Crippen LogP contribution in [0.3, 0.4) is 0 Å². The molecule has 0 saturated carbocycles. The maximum atomic E-state index is 8.12. The number of rotatable bonds is 1. The van der Waals surface area contributed by atoms with Gasteiger partial charge in [0.2, 0.25) is 6.79 Å². The zero-order chi connectivity index (χ0) is 21.3. The van der Waals surface area contributed by atoms with E-state index in [1.807, 2.05) is 18.2 Å². The quantitative estimate of drug-likeness (QED) is 0.377. The molecule has 3 aliphatic heterocycles. The highest BCUT2D eigenvalue weighted by molar-refractivity contribution is 6.08. The van der Waals surface area contributed by atoms with E-state index in [9.17, 15) is 0 Å². The summed E-state index contributed by atoms with van der Waals surface area (Å²) >= 11 is 0. The summed E-state index contributed by atoms with van der Waals surface area (Å²) in [5.41, 5.74) is 7.04. The van der Waals surface area contributed by atoms with Crippen molar-refractivity contribution in [2.75, 3.05) is 12.1 Å². The molecule has 2 aromatic carbocycles. The van der Waals surface area contributed by atoms with E-state index in [0.29, 0.717) is 11.1 Å². The smallest absolute Gasteiger partial charge is 0.231 e. The van der Waals surface area contributed by atoms with Crippen molar-refractivity contribution in [3.8, 4) is 33.9 Å². The molecule has 0 unspecified atom stereocenters. The molecule has 0 bridgehead atoms. The minimum atomic E-state index is -0.129. The predicted octanol–water partition coefficient (Wildman–Crippen LogP) is 6.02. The topological polar surface area (TPSA) is 67.5 Å². The van der Waals surface area contributed by atoms with Crippen molar-refractivity contribution in [1.29, 1.82) is 5.41 Å². The first-order valence-electron chi connectivity index (χ1n) is 10.4. The highest BCUT2D eigenvalue weighted by Crippen LogP contribution is 2.47.